The molecule has 0 unspecified atom stereocenters. The number of aromatic nitrogens is 2. The average molecular weight is 194 g/mol. The number of hydrogen-bond acceptors (Lipinski definition) is 3. The van der Waals surface area contributed by atoms with E-state index in [1.54, 1.807) is 0 Å². The maximum absolute atomic E-state index is 4.18. The summed E-state index contributed by atoms with van der Waals surface area (Å²) in [7, 11) is 1.96. The molecule has 1 aliphatic rings. The van der Waals surface area contributed by atoms with Gasteiger partial charge in [-0.25, -0.2) is 0 Å². The highest BCUT2D eigenvalue weighted by Crippen LogP contribution is 2.08. The molecule has 0 radical (unpaired) electrons. The molecular formula is C10H18N4. The van der Waals surface area contributed by atoms with Crippen molar-refractivity contribution in [3.8, 4) is 0 Å². The van der Waals surface area contributed by atoms with Gasteiger partial charge in [-0.1, -0.05) is 0 Å². The van der Waals surface area contributed by atoms with Crippen LogP contribution in [-0.2, 0) is 13.6 Å². The minimum Gasteiger partial charge on any atom is -0.314 e. The fraction of sp³-hybridized carbons (Fsp3) is 0.700. The third kappa shape index (κ3) is 2.13. The van der Waals surface area contributed by atoms with Crippen LogP contribution in [0.15, 0.2) is 12.4 Å². The lowest BCUT2D eigenvalue weighted by atomic mass is 10.2. The number of rotatable bonds is 2. The van der Waals surface area contributed by atoms with E-state index < -0.39 is 0 Å². The summed E-state index contributed by atoms with van der Waals surface area (Å²) in [6, 6.07) is 0.629. The third-order valence-corrected chi connectivity index (χ3v) is 2.78. The smallest absolute Gasteiger partial charge is 0.0534 e. The maximum atomic E-state index is 4.18. The largest absolute Gasteiger partial charge is 0.314 e. The van der Waals surface area contributed by atoms with Crippen LogP contribution in [0, 0.1) is 0 Å². The third-order valence-electron chi connectivity index (χ3n) is 2.78. The van der Waals surface area contributed by atoms with E-state index in [1.807, 2.05) is 17.9 Å². The second-order valence-corrected chi connectivity index (χ2v) is 4.05. The second-order valence-electron chi connectivity index (χ2n) is 4.05. The van der Waals surface area contributed by atoms with E-state index in [-0.39, 0.29) is 0 Å². The van der Waals surface area contributed by atoms with E-state index in [0.29, 0.717) is 6.04 Å². The van der Waals surface area contributed by atoms with Crippen LogP contribution in [-0.4, -0.2) is 40.4 Å². The highest BCUT2D eigenvalue weighted by atomic mass is 15.3. The van der Waals surface area contributed by atoms with Gasteiger partial charge in [0.1, 0.15) is 0 Å². The molecule has 0 bridgehead atoms. The second kappa shape index (κ2) is 4.11. The molecule has 1 N–H and O–H groups in total. The first kappa shape index (κ1) is 9.68. The molecule has 1 atom stereocenters. The topological polar surface area (TPSA) is 33.1 Å². The van der Waals surface area contributed by atoms with Crippen molar-refractivity contribution in [2.24, 2.45) is 7.05 Å². The molecular weight excluding hydrogens is 176 g/mol. The fourth-order valence-corrected chi connectivity index (χ4v) is 1.91. The van der Waals surface area contributed by atoms with Crippen LogP contribution in [0.3, 0.4) is 0 Å². The SMILES string of the molecule is C[C@H]1CNCCN1Cc1cnn(C)c1. The molecule has 0 saturated carbocycles. The highest BCUT2D eigenvalue weighted by molar-refractivity contribution is 5.04. The molecule has 0 aromatic carbocycles. The van der Waals surface area contributed by atoms with Crippen molar-refractivity contribution >= 4 is 0 Å². The van der Waals surface area contributed by atoms with Gasteiger partial charge in [0, 0.05) is 51.0 Å². The number of nitrogens with zero attached hydrogens (tertiary/aromatic N) is 3. The van der Waals surface area contributed by atoms with Crippen LogP contribution in [0.4, 0.5) is 0 Å². The first-order valence-corrected chi connectivity index (χ1v) is 5.18. The summed E-state index contributed by atoms with van der Waals surface area (Å²) in [6.07, 6.45) is 4.05. The van der Waals surface area contributed by atoms with Gasteiger partial charge in [0.15, 0.2) is 0 Å². The van der Waals surface area contributed by atoms with E-state index in [9.17, 15) is 0 Å². The molecule has 0 amide bonds. The molecule has 4 heteroatoms. The zero-order valence-corrected chi connectivity index (χ0v) is 8.90. The summed E-state index contributed by atoms with van der Waals surface area (Å²) >= 11 is 0. The predicted molar refractivity (Wildman–Crippen MR) is 55.9 cm³/mol. The van der Waals surface area contributed by atoms with Gasteiger partial charge >= 0.3 is 0 Å². The zero-order chi connectivity index (χ0) is 9.97. The van der Waals surface area contributed by atoms with Crippen LogP contribution in [0.1, 0.15) is 12.5 Å². The van der Waals surface area contributed by atoms with Crippen LogP contribution >= 0.6 is 0 Å². The first-order valence-electron chi connectivity index (χ1n) is 5.18. The van der Waals surface area contributed by atoms with E-state index in [2.05, 4.69) is 28.4 Å². The lowest BCUT2D eigenvalue weighted by Gasteiger charge is -2.33. The Bertz CT molecular complexity index is 294. The Kier molecular flexibility index (Phi) is 2.84. The quantitative estimate of drug-likeness (QED) is 0.731. The van der Waals surface area contributed by atoms with Gasteiger partial charge in [0.2, 0.25) is 0 Å². The molecule has 2 heterocycles. The van der Waals surface area contributed by atoms with Crippen LogP contribution < -0.4 is 5.32 Å². The van der Waals surface area contributed by atoms with Crippen LogP contribution in [0.5, 0.6) is 0 Å². The lowest BCUT2D eigenvalue weighted by Crippen LogP contribution is -2.49. The van der Waals surface area contributed by atoms with Gasteiger partial charge in [-0.3, -0.25) is 9.58 Å². The molecule has 4 nitrogen and oxygen atoms in total. The molecule has 78 valence electrons. The monoisotopic (exact) mass is 194 g/mol. The van der Waals surface area contributed by atoms with E-state index in [1.165, 1.54) is 5.56 Å². The molecule has 1 aromatic heterocycles. The summed E-state index contributed by atoms with van der Waals surface area (Å²) in [5.41, 5.74) is 1.31. The van der Waals surface area contributed by atoms with Crippen molar-refractivity contribution in [2.45, 2.75) is 19.5 Å². The minimum atomic E-state index is 0.629. The lowest BCUT2D eigenvalue weighted by molar-refractivity contribution is 0.165. The summed E-state index contributed by atoms with van der Waals surface area (Å²) in [5, 5.41) is 7.57. The van der Waals surface area contributed by atoms with Gasteiger partial charge in [-0.15, -0.1) is 0 Å². The normalized spacial score (nSPS) is 24.0. The summed E-state index contributed by atoms with van der Waals surface area (Å²) in [5.74, 6) is 0. The van der Waals surface area contributed by atoms with E-state index >= 15 is 0 Å². The van der Waals surface area contributed by atoms with Gasteiger partial charge in [-0.05, 0) is 6.92 Å². The number of nitrogens with one attached hydrogen (secondary N) is 1. The van der Waals surface area contributed by atoms with Gasteiger partial charge in [-0.2, -0.15) is 5.10 Å². The molecule has 14 heavy (non-hydrogen) atoms. The summed E-state index contributed by atoms with van der Waals surface area (Å²) in [6.45, 7) is 6.63. The average Bonchev–Trinajstić information content (AvgIpc) is 2.56. The molecule has 1 saturated heterocycles. The van der Waals surface area contributed by atoms with Gasteiger partial charge in [0.05, 0.1) is 6.20 Å². The Morgan fingerprint density at radius 1 is 1.64 bits per heavy atom. The fourth-order valence-electron chi connectivity index (χ4n) is 1.91. The molecule has 1 aromatic rings. The first-order chi connectivity index (χ1) is 6.75. The summed E-state index contributed by atoms with van der Waals surface area (Å²) in [4.78, 5) is 2.49. The molecule has 2 rings (SSSR count). The molecule has 1 fully saturated rings. The summed E-state index contributed by atoms with van der Waals surface area (Å²) < 4.78 is 1.86. The van der Waals surface area contributed by atoms with Crippen LogP contribution in [0.2, 0.25) is 0 Å². The number of aryl methyl sites for hydroxylation is 1. The maximum Gasteiger partial charge on any atom is 0.0534 e. The van der Waals surface area contributed by atoms with E-state index in [0.717, 1.165) is 26.2 Å². The van der Waals surface area contributed by atoms with Crippen LogP contribution in [0.25, 0.3) is 0 Å². The molecule has 0 spiro atoms. The Morgan fingerprint density at radius 2 is 2.50 bits per heavy atom. The standard InChI is InChI=1S/C10H18N4/c1-9-5-11-3-4-14(9)8-10-6-12-13(2)7-10/h6-7,9,11H,3-5,8H2,1-2H3/t9-/m0/s1. The van der Waals surface area contributed by atoms with Gasteiger partial charge < -0.3 is 5.32 Å². The Morgan fingerprint density at radius 3 is 3.14 bits per heavy atom. The van der Waals surface area contributed by atoms with Crippen molar-refractivity contribution in [1.29, 1.82) is 0 Å². The van der Waals surface area contributed by atoms with Crippen molar-refractivity contribution in [3.05, 3.63) is 18.0 Å². The molecule has 1 aliphatic heterocycles. The van der Waals surface area contributed by atoms with Crippen molar-refractivity contribution in [1.82, 2.24) is 20.0 Å². The van der Waals surface area contributed by atoms with Crippen molar-refractivity contribution in [2.75, 3.05) is 19.6 Å². The van der Waals surface area contributed by atoms with Crippen molar-refractivity contribution in [3.63, 3.8) is 0 Å². The molecule has 0 aliphatic carbocycles. The van der Waals surface area contributed by atoms with Gasteiger partial charge in [0.25, 0.3) is 0 Å². The highest BCUT2D eigenvalue weighted by Gasteiger charge is 2.17. The zero-order valence-electron chi connectivity index (χ0n) is 8.90. The van der Waals surface area contributed by atoms with E-state index in [4.69, 9.17) is 0 Å². The Labute approximate surface area is 84.9 Å². The number of hydrogen-bond donors (Lipinski definition) is 1. The number of piperazine rings is 1. The predicted octanol–water partition coefficient (Wildman–Crippen LogP) is 0.214. The minimum absolute atomic E-state index is 0.629. The Hall–Kier alpha value is -0.870. The Balaban J connectivity index is 1.95. The van der Waals surface area contributed by atoms with Crippen molar-refractivity contribution < 1.29 is 0 Å².